The third kappa shape index (κ3) is 3.20. The molecule has 7 heteroatoms. The van der Waals surface area contributed by atoms with E-state index in [0.717, 1.165) is 36.6 Å². The molecular formula is C18H22N6O. The lowest BCUT2D eigenvalue weighted by Crippen LogP contribution is -2.22. The second kappa shape index (κ2) is 6.78. The number of aryl methyl sites for hydroxylation is 1. The summed E-state index contributed by atoms with van der Waals surface area (Å²) in [5, 5.41) is 15.6. The average Bonchev–Trinajstić information content (AvgIpc) is 3.35. The summed E-state index contributed by atoms with van der Waals surface area (Å²) in [5.74, 6) is 0.237. The van der Waals surface area contributed by atoms with Crippen molar-refractivity contribution >= 4 is 0 Å². The predicted molar refractivity (Wildman–Crippen MR) is 93.8 cm³/mol. The van der Waals surface area contributed by atoms with Crippen LogP contribution in [0.1, 0.15) is 17.2 Å². The molecule has 3 heterocycles. The molecule has 0 radical (unpaired) electrons. The average molecular weight is 338 g/mol. The normalized spacial score (nSPS) is 21.0. The Hall–Kier alpha value is -2.51. The van der Waals surface area contributed by atoms with E-state index in [1.807, 2.05) is 29.9 Å². The van der Waals surface area contributed by atoms with Gasteiger partial charge in [0.2, 0.25) is 0 Å². The zero-order valence-corrected chi connectivity index (χ0v) is 14.5. The van der Waals surface area contributed by atoms with Gasteiger partial charge in [-0.2, -0.15) is 20.5 Å². The lowest BCUT2D eigenvalue weighted by molar-refractivity contribution is 0.0957. The van der Waals surface area contributed by atoms with Crippen molar-refractivity contribution < 1.29 is 4.74 Å². The van der Waals surface area contributed by atoms with Gasteiger partial charge in [0.05, 0.1) is 23.7 Å². The van der Waals surface area contributed by atoms with Crippen molar-refractivity contribution in [2.45, 2.75) is 18.6 Å². The Kier molecular flexibility index (Phi) is 4.33. The van der Waals surface area contributed by atoms with Crippen molar-refractivity contribution in [1.29, 1.82) is 0 Å². The summed E-state index contributed by atoms with van der Waals surface area (Å²) in [5.41, 5.74) is 4.38. The maximum absolute atomic E-state index is 5.69. The number of hydrogen-bond acceptors (Lipinski definition) is 5. The highest BCUT2D eigenvalue weighted by Crippen LogP contribution is 2.30. The van der Waals surface area contributed by atoms with E-state index in [9.17, 15) is 0 Å². The van der Waals surface area contributed by atoms with Crippen LogP contribution in [-0.2, 0) is 18.3 Å². The van der Waals surface area contributed by atoms with Crippen molar-refractivity contribution in [3.8, 4) is 11.3 Å². The molecule has 0 bridgehead atoms. The minimum absolute atomic E-state index is 0.127. The van der Waals surface area contributed by atoms with Crippen LogP contribution < -0.4 is 0 Å². The molecule has 2 atom stereocenters. The van der Waals surface area contributed by atoms with Crippen LogP contribution in [0.4, 0.5) is 0 Å². The minimum atomic E-state index is 0.127. The van der Waals surface area contributed by atoms with Gasteiger partial charge in [-0.25, -0.2) is 0 Å². The van der Waals surface area contributed by atoms with Gasteiger partial charge in [0, 0.05) is 57.0 Å². The molecular weight excluding hydrogens is 316 g/mol. The number of likely N-dealkylation sites (tertiary alicyclic amines) is 1. The molecule has 0 aliphatic carbocycles. The van der Waals surface area contributed by atoms with E-state index < -0.39 is 0 Å². The lowest BCUT2D eigenvalue weighted by Gasteiger charge is -2.15. The molecule has 1 fully saturated rings. The van der Waals surface area contributed by atoms with Crippen LogP contribution in [-0.4, -0.2) is 56.4 Å². The van der Waals surface area contributed by atoms with Crippen LogP contribution in [0.5, 0.6) is 0 Å². The van der Waals surface area contributed by atoms with E-state index in [2.05, 4.69) is 43.7 Å². The molecule has 2 aromatic heterocycles. The molecule has 0 unspecified atom stereocenters. The Labute approximate surface area is 146 Å². The minimum Gasteiger partial charge on any atom is -0.379 e. The summed E-state index contributed by atoms with van der Waals surface area (Å²) < 4.78 is 7.58. The standard InChI is InChI=1S/C18H22N6O/c1-23-9-14(18(21-23)13-6-4-3-5-7-13)10-24-11-15(17(12-24)25-2)16-8-19-22-20-16/h3-9,15,17H,10-12H2,1-2H3,(H,19,20,22)/t15-,17+/m0/s1. The van der Waals surface area contributed by atoms with Gasteiger partial charge in [-0.15, -0.1) is 0 Å². The van der Waals surface area contributed by atoms with Gasteiger partial charge in [0.25, 0.3) is 0 Å². The van der Waals surface area contributed by atoms with E-state index >= 15 is 0 Å². The van der Waals surface area contributed by atoms with Crippen LogP contribution in [0.15, 0.2) is 42.7 Å². The summed E-state index contributed by atoms with van der Waals surface area (Å²) in [6.07, 6.45) is 4.02. The third-order valence-electron chi connectivity index (χ3n) is 4.80. The van der Waals surface area contributed by atoms with Crippen LogP contribution in [0.25, 0.3) is 11.3 Å². The summed E-state index contributed by atoms with van der Waals surface area (Å²) in [7, 11) is 3.73. The predicted octanol–water partition coefficient (Wildman–Crippen LogP) is 1.82. The summed E-state index contributed by atoms with van der Waals surface area (Å²) >= 11 is 0. The molecule has 7 nitrogen and oxygen atoms in total. The van der Waals surface area contributed by atoms with Crippen molar-refractivity contribution in [3.05, 3.63) is 54.0 Å². The Balaban J connectivity index is 1.55. The fraction of sp³-hybridized carbons (Fsp3) is 0.389. The van der Waals surface area contributed by atoms with Gasteiger partial charge in [0.1, 0.15) is 0 Å². The number of H-pyrrole nitrogens is 1. The van der Waals surface area contributed by atoms with Crippen molar-refractivity contribution in [3.63, 3.8) is 0 Å². The van der Waals surface area contributed by atoms with Gasteiger partial charge in [0.15, 0.2) is 0 Å². The van der Waals surface area contributed by atoms with E-state index in [0.29, 0.717) is 0 Å². The van der Waals surface area contributed by atoms with Gasteiger partial charge >= 0.3 is 0 Å². The van der Waals surface area contributed by atoms with Gasteiger partial charge in [-0.3, -0.25) is 9.58 Å². The quantitative estimate of drug-likeness (QED) is 0.768. The third-order valence-corrected chi connectivity index (χ3v) is 4.80. The first-order valence-corrected chi connectivity index (χ1v) is 8.43. The second-order valence-electron chi connectivity index (χ2n) is 6.51. The van der Waals surface area contributed by atoms with Gasteiger partial charge < -0.3 is 4.74 Å². The fourth-order valence-electron chi connectivity index (χ4n) is 3.63. The number of nitrogens with one attached hydrogen (secondary N) is 1. The number of methoxy groups -OCH3 is 1. The smallest absolute Gasteiger partial charge is 0.0968 e. The Morgan fingerprint density at radius 2 is 2.08 bits per heavy atom. The molecule has 1 aliphatic heterocycles. The lowest BCUT2D eigenvalue weighted by atomic mass is 10.0. The van der Waals surface area contributed by atoms with Crippen molar-refractivity contribution in [1.82, 2.24) is 30.1 Å². The molecule has 4 rings (SSSR count). The van der Waals surface area contributed by atoms with Gasteiger partial charge in [-0.1, -0.05) is 30.3 Å². The number of benzene rings is 1. The fourth-order valence-corrected chi connectivity index (χ4v) is 3.63. The molecule has 1 aromatic carbocycles. The molecule has 0 saturated carbocycles. The highest BCUT2D eigenvalue weighted by atomic mass is 16.5. The van der Waals surface area contributed by atoms with E-state index in [1.54, 1.807) is 13.3 Å². The molecule has 130 valence electrons. The Morgan fingerprint density at radius 1 is 1.24 bits per heavy atom. The summed E-state index contributed by atoms with van der Waals surface area (Å²) in [6, 6.07) is 10.3. The van der Waals surface area contributed by atoms with Gasteiger partial charge in [-0.05, 0) is 0 Å². The first-order chi connectivity index (χ1) is 12.2. The largest absolute Gasteiger partial charge is 0.379 e. The summed E-state index contributed by atoms with van der Waals surface area (Å²) in [6.45, 7) is 2.61. The number of aromatic nitrogens is 5. The highest BCUT2D eigenvalue weighted by molar-refractivity contribution is 5.62. The van der Waals surface area contributed by atoms with Crippen LogP contribution in [0.3, 0.4) is 0 Å². The molecule has 0 amide bonds. The van der Waals surface area contributed by atoms with E-state index in [4.69, 9.17) is 4.74 Å². The zero-order valence-electron chi connectivity index (χ0n) is 14.5. The maximum Gasteiger partial charge on any atom is 0.0968 e. The summed E-state index contributed by atoms with van der Waals surface area (Å²) in [4.78, 5) is 2.40. The first kappa shape index (κ1) is 16.0. The molecule has 1 N–H and O–H groups in total. The maximum atomic E-state index is 5.69. The highest BCUT2D eigenvalue weighted by Gasteiger charge is 2.35. The SMILES string of the molecule is CO[C@@H]1CN(Cc2cn(C)nc2-c2ccccc2)C[C@H]1c1cn[nH]n1. The number of rotatable bonds is 5. The zero-order chi connectivity index (χ0) is 17.2. The molecule has 0 spiro atoms. The number of ether oxygens (including phenoxy) is 1. The topological polar surface area (TPSA) is 71.9 Å². The van der Waals surface area contributed by atoms with E-state index in [1.165, 1.54) is 5.56 Å². The van der Waals surface area contributed by atoms with E-state index in [-0.39, 0.29) is 12.0 Å². The van der Waals surface area contributed by atoms with Crippen molar-refractivity contribution in [2.24, 2.45) is 7.05 Å². The number of aromatic amines is 1. The molecule has 1 aliphatic rings. The van der Waals surface area contributed by atoms with Crippen LogP contribution >= 0.6 is 0 Å². The van der Waals surface area contributed by atoms with Crippen LogP contribution in [0, 0.1) is 0 Å². The molecule has 3 aromatic rings. The Morgan fingerprint density at radius 3 is 2.80 bits per heavy atom. The molecule has 1 saturated heterocycles. The number of hydrogen-bond donors (Lipinski definition) is 1. The monoisotopic (exact) mass is 338 g/mol. The van der Waals surface area contributed by atoms with Crippen molar-refractivity contribution in [2.75, 3.05) is 20.2 Å². The first-order valence-electron chi connectivity index (χ1n) is 8.43. The second-order valence-corrected chi connectivity index (χ2v) is 6.51. The number of nitrogens with zero attached hydrogens (tertiary/aromatic N) is 5. The molecule has 25 heavy (non-hydrogen) atoms. The van der Waals surface area contributed by atoms with Crippen LogP contribution in [0.2, 0.25) is 0 Å². The Bertz CT molecular complexity index is 813.